The summed E-state index contributed by atoms with van der Waals surface area (Å²) in [6.45, 7) is 5.66. The Morgan fingerprint density at radius 3 is 2.63 bits per heavy atom. The standard InChI is InChI=1S/C26H30N4O5/c31-21-3-1-17-2-4-22-25(34-13-11-32-22)24(17)20(21)7-10-30-8-5-18(6-9-30)27-16-19-15-23-26(29-28-19)35-14-12-33-23/h1-4,15,18,20,27H,5-14,16H2. The summed E-state index contributed by atoms with van der Waals surface area (Å²) in [6.07, 6.45) is 6.50. The zero-order chi connectivity index (χ0) is 23.6. The lowest BCUT2D eigenvalue weighted by atomic mass is 9.82. The van der Waals surface area contributed by atoms with E-state index in [2.05, 4.69) is 20.4 Å². The van der Waals surface area contributed by atoms with Gasteiger partial charge in [0.05, 0.1) is 11.6 Å². The van der Waals surface area contributed by atoms with Gasteiger partial charge in [0.15, 0.2) is 23.0 Å². The fraction of sp³-hybridized carbons (Fsp3) is 0.500. The van der Waals surface area contributed by atoms with Crippen molar-refractivity contribution in [1.29, 1.82) is 0 Å². The molecule has 0 saturated carbocycles. The maximum Gasteiger partial charge on any atom is 0.276 e. The molecular weight excluding hydrogens is 448 g/mol. The molecule has 6 rings (SSSR count). The molecule has 2 aromatic rings. The number of aromatic nitrogens is 2. The van der Waals surface area contributed by atoms with Crippen LogP contribution in [0, 0.1) is 0 Å². The quantitative estimate of drug-likeness (QED) is 0.671. The topological polar surface area (TPSA) is 95.0 Å². The van der Waals surface area contributed by atoms with E-state index in [1.165, 1.54) is 0 Å². The molecule has 1 aromatic carbocycles. The number of hydrogen-bond donors (Lipinski definition) is 1. The fourth-order valence-corrected chi connectivity index (χ4v) is 5.28. The van der Waals surface area contributed by atoms with Gasteiger partial charge in [-0.2, -0.15) is 5.10 Å². The molecule has 1 aliphatic carbocycles. The lowest BCUT2D eigenvalue weighted by Gasteiger charge is -2.34. The van der Waals surface area contributed by atoms with Crippen LogP contribution < -0.4 is 24.3 Å². The first-order valence-corrected chi connectivity index (χ1v) is 12.5. The van der Waals surface area contributed by atoms with Gasteiger partial charge in [0.2, 0.25) is 0 Å². The molecule has 0 amide bonds. The molecule has 9 nitrogen and oxygen atoms in total. The highest BCUT2D eigenvalue weighted by atomic mass is 16.6. The molecule has 1 atom stereocenters. The monoisotopic (exact) mass is 478 g/mol. The van der Waals surface area contributed by atoms with E-state index in [0.717, 1.165) is 67.2 Å². The normalized spacial score (nSPS) is 21.6. The van der Waals surface area contributed by atoms with Gasteiger partial charge in [-0.25, -0.2) is 0 Å². The van der Waals surface area contributed by atoms with Crippen LogP contribution in [-0.4, -0.2) is 73.0 Å². The zero-order valence-electron chi connectivity index (χ0n) is 19.7. The lowest BCUT2D eigenvalue weighted by molar-refractivity contribution is -0.116. The number of allylic oxidation sites excluding steroid dienone is 1. The molecule has 4 aliphatic rings. The molecule has 1 fully saturated rings. The third-order valence-corrected chi connectivity index (χ3v) is 7.15. The van der Waals surface area contributed by atoms with Crippen LogP contribution in [0.1, 0.15) is 42.0 Å². The molecule has 35 heavy (non-hydrogen) atoms. The number of likely N-dealkylation sites (tertiary alicyclic amines) is 1. The van der Waals surface area contributed by atoms with Crippen LogP contribution in [0.2, 0.25) is 0 Å². The number of hydrogen-bond acceptors (Lipinski definition) is 9. The van der Waals surface area contributed by atoms with Crippen molar-refractivity contribution in [2.45, 2.75) is 37.8 Å². The molecule has 0 bridgehead atoms. The molecule has 1 N–H and O–H groups in total. The van der Waals surface area contributed by atoms with Gasteiger partial charge in [-0.1, -0.05) is 12.1 Å². The zero-order valence-corrected chi connectivity index (χ0v) is 19.7. The van der Waals surface area contributed by atoms with E-state index < -0.39 is 0 Å². The third-order valence-electron chi connectivity index (χ3n) is 7.15. The second kappa shape index (κ2) is 9.83. The Morgan fingerprint density at radius 2 is 1.74 bits per heavy atom. The van der Waals surface area contributed by atoms with Crippen LogP contribution in [0.4, 0.5) is 0 Å². The van der Waals surface area contributed by atoms with E-state index in [4.69, 9.17) is 18.9 Å². The summed E-state index contributed by atoms with van der Waals surface area (Å²) in [5, 5.41) is 12.0. The molecule has 1 unspecified atom stereocenters. The number of carbonyl (C=O) groups is 1. The molecule has 1 saturated heterocycles. The number of benzene rings is 1. The predicted octanol–water partition coefficient (Wildman–Crippen LogP) is 2.34. The van der Waals surface area contributed by atoms with E-state index >= 15 is 0 Å². The van der Waals surface area contributed by atoms with Crippen molar-refractivity contribution < 1.29 is 23.7 Å². The van der Waals surface area contributed by atoms with Crippen LogP contribution >= 0.6 is 0 Å². The summed E-state index contributed by atoms with van der Waals surface area (Å²) in [4.78, 5) is 15.3. The first-order valence-electron chi connectivity index (χ1n) is 12.5. The number of nitrogens with one attached hydrogen (secondary N) is 1. The third kappa shape index (κ3) is 4.70. The van der Waals surface area contributed by atoms with Crippen molar-refractivity contribution >= 4 is 11.9 Å². The van der Waals surface area contributed by atoms with E-state index in [9.17, 15) is 4.79 Å². The number of rotatable bonds is 6. The number of nitrogens with zero attached hydrogens (tertiary/aromatic N) is 3. The average Bonchev–Trinajstić information content (AvgIpc) is 2.91. The Bertz CT molecular complexity index is 1130. The van der Waals surface area contributed by atoms with Crippen molar-refractivity contribution in [2.75, 3.05) is 46.1 Å². The predicted molar refractivity (Wildman–Crippen MR) is 128 cm³/mol. The smallest absolute Gasteiger partial charge is 0.276 e. The molecule has 184 valence electrons. The summed E-state index contributed by atoms with van der Waals surface area (Å²) in [6, 6.07) is 6.31. The van der Waals surface area contributed by atoms with E-state index in [1.54, 1.807) is 6.08 Å². The molecule has 4 heterocycles. The van der Waals surface area contributed by atoms with Crippen molar-refractivity contribution in [3.05, 3.63) is 41.1 Å². The van der Waals surface area contributed by atoms with Crippen LogP contribution in [-0.2, 0) is 11.3 Å². The largest absolute Gasteiger partial charge is 0.486 e. The molecule has 3 aliphatic heterocycles. The molecule has 1 aromatic heterocycles. The minimum absolute atomic E-state index is 0.150. The Balaban J connectivity index is 1.02. The Hall–Kier alpha value is -3.17. The molecule has 9 heteroatoms. The maximum absolute atomic E-state index is 12.8. The van der Waals surface area contributed by atoms with Gasteiger partial charge in [-0.05, 0) is 56.6 Å². The lowest BCUT2D eigenvalue weighted by Crippen LogP contribution is -2.43. The van der Waals surface area contributed by atoms with Crippen molar-refractivity contribution in [2.24, 2.45) is 0 Å². The summed E-state index contributed by atoms with van der Waals surface area (Å²) in [7, 11) is 0. The molecular formula is C26H30N4O5. The van der Waals surface area contributed by atoms with Gasteiger partial charge in [0.25, 0.3) is 5.88 Å². The Labute approximate surface area is 204 Å². The van der Waals surface area contributed by atoms with Crippen molar-refractivity contribution in [3.8, 4) is 23.1 Å². The molecule has 0 radical (unpaired) electrons. The van der Waals surface area contributed by atoms with Crippen LogP contribution in [0.5, 0.6) is 23.1 Å². The van der Waals surface area contributed by atoms with E-state index in [1.807, 2.05) is 24.3 Å². The maximum atomic E-state index is 12.8. The second-order valence-electron chi connectivity index (χ2n) is 9.37. The van der Waals surface area contributed by atoms with Gasteiger partial charge >= 0.3 is 0 Å². The van der Waals surface area contributed by atoms with E-state index in [0.29, 0.717) is 50.6 Å². The van der Waals surface area contributed by atoms with Gasteiger partial charge in [-0.15, -0.1) is 5.10 Å². The number of ketones is 1. The summed E-state index contributed by atoms with van der Waals surface area (Å²) < 4.78 is 22.7. The number of ether oxygens (including phenoxy) is 4. The fourth-order valence-electron chi connectivity index (χ4n) is 5.28. The van der Waals surface area contributed by atoms with Crippen LogP contribution in [0.25, 0.3) is 6.08 Å². The molecule has 0 spiro atoms. The first kappa shape index (κ1) is 22.3. The average molecular weight is 479 g/mol. The van der Waals surface area contributed by atoms with Gasteiger partial charge < -0.3 is 29.2 Å². The number of fused-ring (bicyclic) bond motifs is 4. The minimum Gasteiger partial charge on any atom is -0.486 e. The SMILES string of the molecule is O=C1C=Cc2ccc3c(c2C1CCN1CCC(NCc2cc4c(nn2)OCCO4)CC1)OCCO3. The summed E-state index contributed by atoms with van der Waals surface area (Å²) in [5.74, 6) is 2.61. The van der Waals surface area contributed by atoms with Gasteiger partial charge in [0.1, 0.15) is 26.4 Å². The second-order valence-corrected chi connectivity index (χ2v) is 9.37. The van der Waals surface area contributed by atoms with Gasteiger partial charge in [0, 0.05) is 24.2 Å². The van der Waals surface area contributed by atoms with Gasteiger partial charge in [-0.3, -0.25) is 4.79 Å². The van der Waals surface area contributed by atoms with E-state index in [-0.39, 0.29) is 11.7 Å². The number of carbonyl (C=O) groups excluding carboxylic acids is 1. The minimum atomic E-state index is -0.184. The van der Waals surface area contributed by atoms with Crippen LogP contribution in [0.3, 0.4) is 0 Å². The first-order chi connectivity index (χ1) is 17.2. The number of piperidine rings is 1. The highest BCUT2D eigenvalue weighted by molar-refractivity contribution is 6.02. The van der Waals surface area contributed by atoms with Crippen LogP contribution in [0.15, 0.2) is 24.3 Å². The highest BCUT2D eigenvalue weighted by Gasteiger charge is 2.32. The highest BCUT2D eigenvalue weighted by Crippen LogP contribution is 2.44. The summed E-state index contributed by atoms with van der Waals surface area (Å²) >= 11 is 0. The summed E-state index contributed by atoms with van der Waals surface area (Å²) in [5.41, 5.74) is 2.91. The van der Waals surface area contributed by atoms with Crippen molar-refractivity contribution in [1.82, 2.24) is 20.4 Å². The van der Waals surface area contributed by atoms with Crippen molar-refractivity contribution in [3.63, 3.8) is 0 Å². The Kier molecular flexibility index (Phi) is 6.26. The Morgan fingerprint density at radius 1 is 0.943 bits per heavy atom.